The van der Waals surface area contributed by atoms with Crippen molar-refractivity contribution in [2.45, 2.75) is 13.0 Å². The second kappa shape index (κ2) is 13.2. The van der Waals surface area contributed by atoms with Gasteiger partial charge in [-0.1, -0.05) is 5.92 Å². The summed E-state index contributed by atoms with van der Waals surface area (Å²) >= 11 is 0. The molecule has 1 atom stereocenters. The zero-order valence-electron chi connectivity index (χ0n) is 20.8. The van der Waals surface area contributed by atoms with Crippen LogP contribution in [0.3, 0.4) is 0 Å². The van der Waals surface area contributed by atoms with E-state index in [1.807, 2.05) is 0 Å². The number of carboxylic acid groups (broad SMARTS) is 1. The molecule has 0 bridgehead atoms. The van der Waals surface area contributed by atoms with Crippen molar-refractivity contribution in [1.29, 1.82) is 5.41 Å². The molecule has 2 heterocycles. The van der Waals surface area contributed by atoms with E-state index in [0.717, 1.165) is 11.6 Å². The fourth-order valence-electron chi connectivity index (χ4n) is 3.34. The van der Waals surface area contributed by atoms with Crippen molar-refractivity contribution in [3.63, 3.8) is 0 Å². The van der Waals surface area contributed by atoms with Crippen molar-refractivity contribution in [2.24, 2.45) is 5.73 Å². The fraction of sp³-hybridized carbons (Fsp3) is 0.154. The highest BCUT2D eigenvalue weighted by Gasteiger charge is 2.22. The number of rotatable bonds is 9. The highest BCUT2D eigenvalue weighted by molar-refractivity contribution is 5.95. The van der Waals surface area contributed by atoms with E-state index in [9.17, 15) is 9.18 Å². The average Bonchev–Trinajstić information content (AvgIpc) is 3.31. The number of H-pyrrole nitrogens is 1. The predicted octanol–water partition coefficient (Wildman–Crippen LogP) is 2.26. The van der Waals surface area contributed by atoms with E-state index in [4.69, 9.17) is 32.2 Å². The molecule has 39 heavy (non-hydrogen) atoms. The van der Waals surface area contributed by atoms with E-state index in [2.05, 4.69) is 31.3 Å². The highest BCUT2D eigenvalue weighted by Crippen LogP contribution is 2.29. The van der Waals surface area contributed by atoms with Crippen molar-refractivity contribution in [3.8, 4) is 24.0 Å². The minimum atomic E-state index is -0.833. The van der Waals surface area contributed by atoms with Crippen LogP contribution in [0.2, 0.25) is 0 Å². The van der Waals surface area contributed by atoms with Gasteiger partial charge in [-0.15, -0.1) is 16.2 Å². The van der Waals surface area contributed by atoms with Crippen molar-refractivity contribution in [1.82, 2.24) is 24.7 Å². The van der Waals surface area contributed by atoms with Gasteiger partial charge >= 0.3 is 5.69 Å². The molecule has 0 aliphatic carbocycles. The maximum absolute atomic E-state index is 12.7. The molecule has 6 N–H and O–H groups in total. The van der Waals surface area contributed by atoms with Crippen LogP contribution in [0, 0.1) is 17.8 Å². The summed E-state index contributed by atoms with van der Waals surface area (Å²) in [5, 5.41) is 22.7. The summed E-state index contributed by atoms with van der Waals surface area (Å²) in [5.74, 6) is 2.40. The number of hydrogen-bond acceptors (Lipinski definition) is 8. The summed E-state index contributed by atoms with van der Waals surface area (Å²) in [6.07, 6.45) is 8.63. The number of nitrogens with two attached hydrogens (primary N) is 1. The van der Waals surface area contributed by atoms with E-state index < -0.39 is 24.4 Å². The van der Waals surface area contributed by atoms with Gasteiger partial charge in [0.15, 0.2) is 5.82 Å². The second-order valence-corrected chi connectivity index (χ2v) is 7.84. The van der Waals surface area contributed by atoms with E-state index in [-0.39, 0.29) is 24.2 Å². The van der Waals surface area contributed by atoms with Gasteiger partial charge in [0.25, 0.3) is 11.9 Å². The number of alkyl halides is 1. The van der Waals surface area contributed by atoms with Crippen molar-refractivity contribution < 1.29 is 19.0 Å². The fourth-order valence-corrected chi connectivity index (χ4v) is 3.34. The Morgan fingerprint density at radius 1 is 1.28 bits per heavy atom. The molecule has 0 fully saturated rings. The number of amidine groups is 1. The quantitative estimate of drug-likeness (QED) is 0.122. The van der Waals surface area contributed by atoms with Crippen molar-refractivity contribution in [3.05, 3.63) is 93.9 Å². The molecule has 2 aromatic carbocycles. The Bertz CT molecular complexity index is 1520. The Morgan fingerprint density at radius 2 is 1.95 bits per heavy atom. The molecular formula is C26H25FN8O4. The molecule has 0 radical (unpaired) electrons. The third-order valence-electron chi connectivity index (χ3n) is 4.93. The lowest BCUT2D eigenvalue weighted by Gasteiger charge is -2.20. The number of carboxylic acids is 1. The zero-order chi connectivity index (χ0) is 28.4. The number of aromatic nitrogens is 5. The summed E-state index contributed by atoms with van der Waals surface area (Å²) in [4.78, 5) is 32.6. The summed E-state index contributed by atoms with van der Waals surface area (Å²) in [5.41, 5.74) is 7.34. The van der Waals surface area contributed by atoms with E-state index >= 15 is 0 Å². The number of terminal acetylenes is 1. The number of carbonyl (C=O) groups is 1. The molecule has 0 saturated carbocycles. The Balaban J connectivity index is 0.000000983. The maximum atomic E-state index is 12.7. The molecule has 0 aliphatic rings. The van der Waals surface area contributed by atoms with Gasteiger partial charge in [-0.05, 0) is 54.1 Å². The van der Waals surface area contributed by atoms with Gasteiger partial charge in [0.1, 0.15) is 30.9 Å². The molecule has 0 spiro atoms. The van der Waals surface area contributed by atoms with Gasteiger partial charge < -0.3 is 20.9 Å². The summed E-state index contributed by atoms with van der Waals surface area (Å²) in [6.45, 7) is 0.295. The van der Waals surface area contributed by atoms with Crippen LogP contribution in [0.15, 0.2) is 65.7 Å². The van der Waals surface area contributed by atoms with Crippen LogP contribution in [0.1, 0.15) is 35.5 Å². The van der Waals surface area contributed by atoms with Crippen LogP contribution in [0.25, 0.3) is 5.95 Å². The smallest absolute Gasteiger partial charge is 0.350 e. The monoisotopic (exact) mass is 532 g/mol. The SMILES string of the molecule is C#Cc1cc(OCCF)cc([C@H](Nc2ccc(C(=N)N)cc2)c2nn(-c3ncccn3)c(=O)[nH]2)c1.CC(=O)O. The van der Waals surface area contributed by atoms with Gasteiger partial charge in [-0.25, -0.2) is 19.2 Å². The largest absolute Gasteiger partial charge is 0.491 e. The van der Waals surface area contributed by atoms with Gasteiger partial charge in [0.05, 0.1) is 0 Å². The summed E-state index contributed by atoms with van der Waals surface area (Å²) < 4.78 is 19.2. The predicted molar refractivity (Wildman–Crippen MR) is 142 cm³/mol. The molecule has 0 unspecified atom stereocenters. The Kier molecular flexibility index (Phi) is 9.47. The van der Waals surface area contributed by atoms with Crippen molar-refractivity contribution >= 4 is 17.5 Å². The molecule has 0 aliphatic heterocycles. The number of aromatic amines is 1. The van der Waals surface area contributed by atoms with Gasteiger partial charge in [0.2, 0.25) is 0 Å². The molecule has 200 valence electrons. The Labute approximate surface area is 222 Å². The standard InChI is InChI=1S/C24H21FN8O2.C2H4O2/c1-2-15-12-17(14-19(13-15)35-11-8-25)20(30-18-6-4-16(5-7-18)21(26)27)22-31-24(34)33(32-22)23-28-9-3-10-29-23;1-2(3)4/h1,3-7,9-10,12-14,20,30H,8,11H2,(H3,26,27)(H,31,32,34);1H3,(H,3,4)/t20-;/m0./s1. The Hall–Kier alpha value is -5.51. The van der Waals surface area contributed by atoms with Gasteiger partial charge in [0, 0.05) is 36.1 Å². The van der Waals surface area contributed by atoms with E-state index in [0.29, 0.717) is 28.1 Å². The number of nitrogens with zero attached hydrogens (tertiary/aromatic N) is 4. The van der Waals surface area contributed by atoms with Crippen LogP contribution < -0.4 is 21.5 Å². The molecule has 0 saturated heterocycles. The van der Waals surface area contributed by atoms with Crippen LogP contribution in [-0.2, 0) is 4.79 Å². The molecule has 4 rings (SSSR count). The van der Waals surface area contributed by atoms with Crippen LogP contribution in [0.5, 0.6) is 5.75 Å². The first-order valence-electron chi connectivity index (χ1n) is 11.4. The Morgan fingerprint density at radius 3 is 2.54 bits per heavy atom. The van der Waals surface area contributed by atoms with Gasteiger partial charge in [-0.3, -0.25) is 15.2 Å². The first kappa shape index (κ1) is 28.1. The topological polar surface area (TPSA) is 185 Å². The number of nitrogens with one attached hydrogen (secondary N) is 3. The minimum absolute atomic E-state index is 0.0598. The minimum Gasteiger partial charge on any atom is -0.491 e. The van der Waals surface area contributed by atoms with E-state index in [1.54, 1.807) is 48.5 Å². The number of ether oxygens (including phenoxy) is 1. The number of benzene rings is 2. The lowest BCUT2D eigenvalue weighted by molar-refractivity contribution is -0.134. The number of nitrogen functional groups attached to an aromatic ring is 1. The van der Waals surface area contributed by atoms with Crippen LogP contribution in [0.4, 0.5) is 10.1 Å². The van der Waals surface area contributed by atoms with Crippen LogP contribution >= 0.6 is 0 Å². The lowest BCUT2D eigenvalue weighted by Crippen LogP contribution is -2.18. The number of aliphatic carboxylic acids is 1. The molecule has 13 heteroatoms. The number of hydrogen-bond donors (Lipinski definition) is 5. The van der Waals surface area contributed by atoms with E-state index in [1.165, 1.54) is 12.4 Å². The first-order valence-corrected chi connectivity index (χ1v) is 11.4. The molecular weight excluding hydrogens is 507 g/mol. The average molecular weight is 533 g/mol. The number of halogens is 1. The highest BCUT2D eigenvalue weighted by atomic mass is 19.1. The normalized spacial score (nSPS) is 10.9. The summed E-state index contributed by atoms with van der Waals surface area (Å²) in [6, 6.07) is 12.8. The third kappa shape index (κ3) is 7.73. The molecule has 4 aromatic rings. The molecule has 12 nitrogen and oxygen atoms in total. The maximum Gasteiger partial charge on any atom is 0.350 e. The summed E-state index contributed by atoms with van der Waals surface area (Å²) in [7, 11) is 0. The van der Waals surface area contributed by atoms with Crippen LogP contribution in [-0.4, -0.2) is 54.9 Å². The molecule has 2 aromatic heterocycles. The molecule has 0 amide bonds. The zero-order valence-corrected chi connectivity index (χ0v) is 20.8. The third-order valence-corrected chi connectivity index (χ3v) is 4.93. The lowest BCUT2D eigenvalue weighted by atomic mass is 10.0. The first-order chi connectivity index (χ1) is 18.7. The number of anilines is 1. The second-order valence-electron chi connectivity index (χ2n) is 7.84. The van der Waals surface area contributed by atoms with Crippen molar-refractivity contribution in [2.75, 3.05) is 18.6 Å². The van der Waals surface area contributed by atoms with Gasteiger partial charge in [-0.2, -0.15) is 0 Å².